The molecule has 0 aliphatic carbocycles. The summed E-state index contributed by atoms with van der Waals surface area (Å²) in [5, 5.41) is 2.31. The Morgan fingerprint density at radius 2 is 2.32 bits per heavy atom. The van der Waals surface area contributed by atoms with E-state index >= 15 is 0 Å². The predicted octanol–water partition coefficient (Wildman–Crippen LogP) is 2.62. The molecule has 0 radical (unpaired) electrons. The smallest absolute Gasteiger partial charge is 0.376 e. The van der Waals surface area contributed by atoms with Crippen molar-refractivity contribution < 1.29 is 27.4 Å². The van der Waals surface area contributed by atoms with E-state index in [4.69, 9.17) is 9.47 Å². The minimum Gasteiger partial charge on any atom is -0.376 e. The van der Waals surface area contributed by atoms with Gasteiger partial charge in [-0.15, -0.1) is 0 Å². The summed E-state index contributed by atoms with van der Waals surface area (Å²) in [5.41, 5.74) is -1.06. The van der Waals surface area contributed by atoms with Crippen molar-refractivity contribution in [2.75, 3.05) is 18.5 Å². The highest BCUT2D eigenvalue weighted by molar-refractivity contribution is 5.93. The van der Waals surface area contributed by atoms with Crippen molar-refractivity contribution in [2.24, 2.45) is 0 Å². The van der Waals surface area contributed by atoms with Gasteiger partial charge in [0.1, 0.15) is 17.6 Å². The van der Waals surface area contributed by atoms with Crippen LogP contribution in [0.15, 0.2) is 18.2 Å². The lowest BCUT2D eigenvalue weighted by Crippen LogP contribution is -2.31. The molecule has 0 saturated carbocycles. The highest BCUT2D eigenvalue weighted by atomic mass is 19.4. The molecule has 2 heterocycles. The second-order valence-electron chi connectivity index (χ2n) is 5.01. The zero-order valence-corrected chi connectivity index (χ0v) is 12.0. The first kappa shape index (κ1) is 16.7. The van der Waals surface area contributed by atoms with Gasteiger partial charge in [0, 0.05) is 6.61 Å². The number of hydrogen-bond acceptors (Lipinski definition) is 4. The first-order valence-electron chi connectivity index (χ1n) is 6.94. The summed E-state index contributed by atoms with van der Waals surface area (Å²) < 4.78 is 48.4. The fourth-order valence-corrected chi connectivity index (χ4v) is 1.99. The van der Waals surface area contributed by atoms with Crippen LogP contribution in [0.25, 0.3) is 0 Å². The van der Waals surface area contributed by atoms with Gasteiger partial charge < -0.3 is 14.8 Å². The Bertz CT molecular complexity index is 516. The lowest BCUT2D eigenvalue weighted by atomic mass is 10.2. The third-order valence-corrected chi connectivity index (χ3v) is 3.22. The van der Waals surface area contributed by atoms with Gasteiger partial charge in [0.2, 0.25) is 0 Å². The summed E-state index contributed by atoms with van der Waals surface area (Å²) in [7, 11) is 0. The van der Waals surface area contributed by atoms with Gasteiger partial charge in [-0.25, -0.2) is 4.98 Å². The summed E-state index contributed by atoms with van der Waals surface area (Å²) in [4.78, 5) is 15.2. The van der Waals surface area contributed by atoms with Crippen LogP contribution in [0.5, 0.6) is 0 Å². The third kappa shape index (κ3) is 4.67. The first-order chi connectivity index (χ1) is 10.4. The fourth-order valence-electron chi connectivity index (χ4n) is 1.99. The van der Waals surface area contributed by atoms with E-state index in [9.17, 15) is 18.0 Å². The van der Waals surface area contributed by atoms with Crippen molar-refractivity contribution in [3.8, 4) is 0 Å². The average Bonchev–Trinajstić information content (AvgIpc) is 2.97. The molecule has 5 nitrogen and oxygen atoms in total. The zero-order valence-electron chi connectivity index (χ0n) is 12.0. The summed E-state index contributed by atoms with van der Waals surface area (Å²) in [5.74, 6) is -0.711. The molecule has 0 bridgehead atoms. The molecule has 22 heavy (non-hydrogen) atoms. The third-order valence-electron chi connectivity index (χ3n) is 3.22. The van der Waals surface area contributed by atoms with E-state index in [1.54, 1.807) is 0 Å². The molecule has 0 unspecified atom stereocenters. The minimum atomic E-state index is -4.55. The van der Waals surface area contributed by atoms with Crippen LogP contribution in [0.1, 0.15) is 25.5 Å². The molecule has 1 aromatic heterocycles. The molecule has 1 N–H and O–H groups in total. The van der Waals surface area contributed by atoms with E-state index < -0.39 is 23.9 Å². The summed E-state index contributed by atoms with van der Waals surface area (Å²) >= 11 is 0. The lowest BCUT2D eigenvalue weighted by Gasteiger charge is -2.16. The molecule has 1 aliphatic rings. The van der Waals surface area contributed by atoms with Gasteiger partial charge in [-0.1, -0.05) is 6.07 Å². The van der Waals surface area contributed by atoms with Gasteiger partial charge in [-0.2, -0.15) is 13.2 Å². The number of anilines is 1. The molecule has 1 aliphatic heterocycles. The quantitative estimate of drug-likeness (QED) is 0.906. The predicted molar refractivity (Wildman–Crippen MR) is 72.3 cm³/mol. The van der Waals surface area contributed by atoms with Crippen molar-refractivity contribution in [2.45, 2.75) is 38.1 Å². The summed E-state index contributed by atoms with van der Waals surface area (Å²) in [6, 6.07) is 3.32. The molecule has 0 aromatic carbocycles. The van der Waals surface area contributed by atoms with Crippen LogP contribution in [0.3, 0.4) is 0 Å². The molecule has 8 heteroatoms. The summed E-state index contributed by atoms with van der Waals surface area (Å²) in [6.07, 6.45) is -3.54. The molecule has 2 atom stereocenters. The number of pyridine rings is 1. The SMILES string of the molecule is C[C@H](OC[C@@H]1CCCO1)C(=O)Nc1cccc(C(F)(F)F)n1. The Labute approximate surface area is 125 Å². The first-order valence-corrected chi connectivity index (χ1v) is 6.94. The van der Waals surface area contributed by atoms with Gasteiger partial charge in [0.15, 0.2) is 0 Å². The zero-order chi connectivity index (χ0) is 16.2. The number of ether oxygens (including phenoxy) is 2. The summed E-state index contributed by atoms with van der Waals surface area (Å²) in [6.45, 7) is 2.49. The van der Waals surface area contributed by atoms with Crippen molar-refractivity contribution in [1.82, 2.24) is 4.98 Å². The van der Waals surface area contributed by atoms with E-state index in [1.807, 2.05) is 0 Å². The average molecular weight is 318 g/mol. The molecular formula is C14H17F3N2O3. The van der Waals surface area contributed by atoms with Gasteiger partial charge >= 0.3 is 6.18 Å². The number of aromatic nitrogens is 1. The highest BCUT2D eigenvalue weighted by Gasteiger charge is 2.32. The van der Waals surface area contributed by atoms with E-state index in [-0.39, 0.29) is 18.5 Å². The maximum Gasteiger partial charge on any atom is 0.433 e. The maximum absolute atomic E-state index is 12.5. The Hall–Kier alpha value is -1.67. The Morgan fingerprint density at radius 3 is 2.95 bits per heavy atom. The number of amides is 1. The molecule has 2 rings (SSSR count). The highest BCUT2D eigenvalue weighted by Crippen LogP contribution is 2.28. The Kier molecular flexibility index (Phi) is 5.36. The van der Waals surface area contributed by atoms with Crippen molar-refractivity contribution in [1.29, 1.82) is 0 Å². The number of rotatable bonds is 5. The Morgan fingerprint density at radius 1 is 1.55 bits per heavy atom. The molecule has 1 fully saturated rings. The minimum absolute atomic E-state index is 0.0260. The van der Waals surface area contributed by atoms with Gasteiger partial charge in [-0.3, -0.25) is 4.79 Å². The van der Waals surface area contributed by atoms with Gasteiger partial charge in [0.25, 0.3) is 5.91 Å². The number of carbonyl (C=O) groups is 1. The van der Waals surface area contributed by atoms with E-state index in [0.29, 0.717) is 6.61 Å². The Balaban J connectivity index is 1.87. The van der Waals surface area contributed by atoms with Crippen molar-refractivity contribution in [3.63, 3.8) is 0 Å². The largest absolute Gasteiger partial charge is 0.433 e. The van der Waals surface area contributed by atoms with E-state index in [1.165, 1.54) is 19.1 Å². The fraction of sp³-hybridized carbons (Fsp3) is 0.571. The molecule has 1 amide bonds. The van der Waals surface area contributed by atoms with Gasteiger partial charge in [0.05, 0.1) is 12.7 Å². The van der Waals surface area contributed by atoms with Crippen LogP contribution < -0.4 is 5.32 Å². The van der Waals surface area contributed by atoms with Crippen LogP contribution in [0.2, 0.25) is 0 Å². The van der Waals surface area contributed by atoms with Crippen LogP contribution >= 0.6 is 0 Å². The topological polar surface area (TPSA) is 60.5 Å². The van der Waals surface area contributed by atoms with Crippen LogP contribution in [-0.4, -0.2) is 36.3 Å². The molecule has 1 aromatic rings. The van der Waals surface area contributed by atoms with Crippen LogP contribution in [-0.2, 0) is 20.4 Å². The molecule has 0 spiro atoms. The normalized spacial score (nSPS) is 19.9. The standard InChI is InChI=1S/C14H17F3N2O3/c1-9(22-8-10-4-3-7-21-10)13(20)19-12-6-2-5-11(18-12)14(15,16)17/h2,5-6,9-10H,3-4,7-8H2,1H3,(H,18,19,20)/t9-,10-/m0/s1. The van der Waals surface area contributed by atoms with Crippen LogP contribution in [0, 0.1) is 0 Å². The van der Waals surface area contributed by atoms with E-state index in [2.05, 4.69) is 10.3 Å². The van der Waals surface area contributed by atoms with Crippen molar-refractivity contribution in [3.05, 3.63) is 23.9 Å². The molecule has 122 valence electrons. The number of nitrogens with one attached hydrogen (secondary N) is 1. The number of halogens is 3. The number of carbonyl (C=O) groups excluding carboxylic acids is 1. The van der Waals surface area contributed by atoms with E-state index in [0.717, 1.165) is 18.9 Å². The van der Waals surface area contributed by atoms with Gasteiger partial charge in [-0.05, 0) is 31.9 Å². The lowest BCUT2D eigenvalue weighted by molar-refractivity contribution is -0.141. The molecule has 1 saturated heterocycles. The number of nitrogens with zero attached hydrogens (tertiary/aromatic N) is 1. The maximum atomic E-state index is 12.5. The molecular weight excluding hydrogens is 301 g/mol. The number of alkyl halides is 3. The second kappa shape index (κ2) is 7.06. The van der Waals surface area contributed by atoms with Crippen LogP contribution in [0.4, 0.5) is 19.0 Å². The second-order valence-corrected chi connectivity index (χ2v) is 5.01. The number of hydrogen-bond donors (Lipinski definition) is 1. The van der Waals surface area contributed by atoms with Crippen molar-refractivity contribution >= 4 is 11.7 Å². The monoisotopic (exact) mass is 318 g/mol.